The van der Waals surface area contributed by atoms with Gasteiger partial charge >= 0.3 is 0 Å². The van der Waals surface area contributed by atoms with Crippen LogP contribution < -0.4 is 10.7 Å². The van der Waals surface area contributed by atoms with E-state index in [1.807, 2.05) is 6.20 Å². The van der Waals surface area contributed by atoms with Gasteiger partial charge in [0.2, 0.25) is 0 Å². The molecule has 0 radical (unpaired) electrons. The predicted molar refractivity (Wildman–Crippen MR) is 78.4 cm³/mol. The number of hydrogen-bond donors (Lipinski definition) is 1. The van der Waals surface area contributed by atoms with Gasteiger partial charge in [0.05, 0.1) is 10.7 Å². The Kier molecular flexibility index (Phi) is 3.95. The molecule has 0 saturated carbocycles. The van der Waals surface area contributed by atoms with Crippen LogP contribution in [0, 0.1) is 5.41 Å². The number of hydrogen-bond acceptors (Lipinski definition) is 2. The Morgan fingerprint density at radius 1 is 1.32 bits per heavy atom. The Balaban J connectivity index is 2.76. The van der Waals surface area contributed by atoms with E-state index < -0.39 is 0 Å². The lowest BCUT2D eigenvalue weighted by atomic mass is 9.93. The van der Waals surface area contributed by atoms with Crippen LogP contribution in [-0.4, -0.2) is 16.3 Å². The van der Waals surface area contributed by atoms with Crippen LogP contribution in [0.15, 0.2) is 17.3 Å². The van der Waals surface area contributed by atoms with Crippen LogP contribution in [0.1, 0.15) is 38.4 Å². The van der Waals surface area contributed by atoms with Crippen molar-refractivity contribution >= 4 is 6.08 Å². The van der Waals surface area contributed by atoms with Gasteiger partial charge in [0, 0.05) is 36.5 Å². The van der Waals surface area contributed by atoms with Crippen LogP contribution in [0.4, 0.5) is 0 Å². The van der Waals surface area contributed by atoms with E-state index in [-0.39, 0.29) is 12.0 Å². The minimum absolute atomic E-state index is 0.0147. The summed E-state index contributed by atoms with van der Waals surface area (Å²) in [5.74, 6) is 0. The Morgan fingerprint density at radius 3 is 2.68 bits per heavy atom. The van der Waals surface area contributed by atoms with E-state index >= 15 is 0 Å². The van der Waals surface area contributed by atoms with Gasteiger partial charge in [-0.1, -0.05) is 33.3 Å². The second-order valence-electron chi connectivity index (χ2n) is 5.85. The van der Waals surface area contributed by atoms with Gasteiger partial charge in [-0.25, -0.2) is 0 Å². The van der Waals surface area contributed by atoms with Crippen molar-refractivity contribution in [1.29, 1.82) is 0 Å². The second-order valence-corrected chi connectivity index (χ2v) is 5.85. The van der Waals surface area contributed by atoms with Gasteiger partial charge < -0.3 is 9.67 Å². The van der Waals surface area contributed by atoms with E-state index in [4.69, 9.17) is 0 Å². The summed E-state index contributed by atoms with van der Waals surface area (Å²) in [5, 5.41) is 11.5. The molecule has 2 heterocycles. The summed E-state index contributed by atoms with van der Waals surface area (Å²) in [6.07, 6.45) is 9.12. The monoisotopic (exact) mass is 260 g/mol. The van der Waals surface area contributed by atoms with E-state index in [1.165, 1.54) is 16.6 Å². The highest BCUT2D eigenvalue weighted by Gasteiger charge is 2.17. The molecule has 1 aliphatic rings. The van der Waals surface area contributed by atoms with Crippen molar-refractivity contribution in [2.24, 2.45) is 17.5 Å². The van der Waals surface area contributed by atoms with Crippen LogP contribution in [0.2, 0.25) is 0 Å². The van der Waals surface area contributed by atoms with Gasteiger partial charge in [-0.15, -0.1) is 0 Å². The highest BCUT2D eigenvalue weighted by Crippen LogP contribution is 2.20. The average molecular weight is 260 g/mol. The van der Waals surface area contributed by atoms with E-state index in [1.54, 1.807) is 0 Å². The number of fused-ring (bicyclic) bond motifs is 1. The minimum atomic E-state index is 0.0147. The largest absolute Gasteiger partial charge is 0.396 e. The zero-order valence-electron chi connectivity index (χ0n) is 12.4. The van der Waals surface area contributed by atoms with Gasteiger partial charge in [-0.3, -0.25) is 4.99 Å². The highest BCUT2D eigenvalue weighted by molar-refractivity contribution is 5.39. The molecule has 19 heavy (non-hydrogen) atoms. The number of aromatic nitrogens is 1. The number of rotatable bonds is 4. The summed E-state index contributed by atoms with van der Waals surface area (Å²) in [5.41, 5.74) is 2.54. The zero-order chi connectivity index (χ0) is 14.0. The van der Waals surface area contributed by atoms with Crippen molar-refractivity contribution in [2.45, 2.75) is 40.0 Å². The first-order valence-electron chi connectivity index (χ1n) is 7.06. The molecule has 1 aromatic heterocycles. The lowest BCUT2D eigenvalue weighted by molar-refractivity contribution is 0.299. The Morgan fingerprint density at radius 2 is 2.05 bits per heavy atom. The Labute approximate surface area is 115 Å². The molecule has 0 aliphatic carbocycles. The van der Waals surface area contributed by atoms with Crippen LogP contribution in [0.3, 0.4) is 0 Å². The number of nitrogens with zero attached hydrogens (tertiary/aromatic N) is 2. The minimum Gasteiger partial charge on any atom is -0.396 e. The van der Waals surface area contributed by atoms with Gasteiger partial charge in [-0.05, 0) is 18.9 Å². The fraction of sp³-hybridized carbons (Fsp3) is 0.562. The summed E-state index contributed by atoms with van der Waals surface area (Å²) in [6, 6.07) is 0. The van der Waals surface area contributed by atoms with E-state index in [0.717, 1.165) is 18.2 Å². The molecule has 1 aromatic rings. The summed E-state index contributed by atoms with van der Waals surface area (Å²) in [4.78, 5) is 4.62. The molecule has 0 spiro atoms. The quantitative estimate of drug-likeness (QED) is 0.874. The molecule has 0 unspecified atom stereocenters. The second kappa shape index (κ2) is 5.33. The van der Waals surface area contributed by atoms with Crippen molar-refractivity contribution < 1.29 is 5.11 Å². The van der Waals surface area contributed by atoms with Gasteiger partial charge in [0.15, 0.2) is 0 Å². The topological polar surface area (TPSA) is 37.5 Å². The fourth-order valence-corrected chi connectivity index (χ4v) is 2.74. The van der Waals surface area contributed by atoms with Gasteiger partial charge in [0.1, 0.15) is 0 Å². The van der Waals surface area contributed by atoms with Crippen molar-refractivity contribution in [3.63, 3.8) is 0 Å². The summed E-state index contributed by atoms with van der Waals surface area (Å²) < 4.78 is 2.25. The number of aliphatic hydroxyl groups excluding tert-OH is 1. The third kappa shape index (κ3) is 2.66. The first-order valence-corrected chi connectivity index (χ1v) is 7.06. The molecule has 1 N–H and O–H groups in total. The highest BCUT2D eigenvalue weighted by atomic mass is 16.2. The van der Waals surface area contributed by atoms with Gasteiger partial charge in [0.25, 0.3) is 0 Å². The normalized spacial score (nSPS) is 16.5. The smallest absolute Gasteiger partial charge is 0.0913 e. The molecule has 0 aromatic carbocycles. The van der Waals surface area contributed by atoms with Crippen molar-refractivity contribution in [3.05, 3.63) is 34.2 Å². The molecule has 3 heteroatoms. The van der Waals surface area contributed by atoms with Crippen LogP contribution in [0.25, 0.3) is 6.08 Å². The molecule has 2 rings (SSSR count). The summed E-state index contributed by atoms with van der Waals surface area (Å²) in [7, 11) is 2.11. The summed E-state index contributed by atoms with van der Waals surface area (Å²) >= 11 is 0. The molecule has 0 saturated heterocycles. The average Bonchev–Trinajstić information content (AvgIpc) is 2.50. The van der Waals surface area contributed by atoms with Crippen LogP contribution in [-0.2, 0) is 19.9 Å². The third-order valence-electron chi connectivity index (χ3n) is 3.71. The third-order valence-corrected chi connectivity index (χ3v) is 3.71. The number of allylic oxidation sites excluding steroid dienone is 1. The fourth-order valence-electron chi connectivity index (χ4n) is 2.74. The number of aliphatic hydroxyl groups is 1. The molecule has 0 atom stereocenters. The van der Waals surface area contributed by atoms with E-state index in [2.05, 4.69) is 49.5 Å². The van der Waals surface area contributed by atoms with E-state index in [9.17, 15) is 5.11 Å². The molecule has 0 fully saturated rings. The first kappa shape index (κ1) is 14.1. The molecule has 0 bridgehead atoms. The first-order chi connectivity index (χ1) is 9.00. The molecule has 0 amide bonds. The molecular formula is C16H24N2O. The van der Waals surface area contributed by atoms with Crippen LogP contribution in [0.5, 0.6) is 0 Å². The van der Waals surface area contributed by atoms with Crippen molar-refractivity contribution in [2.75, 3.05) is 6.61 Å². The van der Waals surface area contributed by atoms with Crippen LogP contribution >= 0.6 is 0 Å². The maximum absolute atomic E-state index is 9.32. The Hall–Kier alpha value is -1.35. The Bertz CT molecular complexity index is 606. The predicted octanol–water partition coefficient (Wildman–Crippen LogP) is 1.47. The van der Waals surface area contributed by atoms with Crippen molar-refractivity contribution in [1.82, 2.24) is 4.57 Å². The molecule has 3 nitrogen and oxygen atoms in total. The standard InChI is InChI=1S/C16H24N2O/c1-5-6-13-12(7-10-19)15-14(18(13)4)11-16(2,3)8-9-17-15/h8-9,11,19H,5-7,10H2,1-4H3. The maximum Gasteiger partial charge on any atom is 0.0913 e. The maximum atomic E-state index is 9.32. The zero-order valence-corrected chi connectivity index (χ0v) is 12.4. The summed E-state index contributed by atoms with van der Waals surface area (Å²) in [6.45, 7) is 6.74. The lowest BCUT2D eigenvalue weighted by Gasteiger charge is -2.13. The molecule has 1 aliphatic heterocycles. The van der Waals surface area contributed by atoms with Gasteiger partial charge in [-0.2, -0.15) is 0 Å². The molecular weight excluding hydrogens is 236 g/mol. The lowest BCUT2D eigenvalue weighted by Crippen LogP contribution is -2.31. The van der Waals surface area contributed by atoms with Crippen molar-refractivity contribution in [3.8, 4) is 0 Å². The van der Waals surface area contributed by atoms with E-state index in [0.29, 0.717) is 6.42 Å². The SMILES string of the molecule is CCCc1c(CCO)c2c(n1C)=CC(C)(C)C=CN=2. The molecule has 104 valence electrons.